The number of nitrogens with zero attached hydrogens (tertiary/aromatic N) is 1. The number of hydrogen-bond donors (Lipinski definition) is 1. The van der Waals surface area contributed by atoms with Gasteiger partial charge in [-0.1, -0.05) is 0 Å². The summed E-state index contributed by atoms with van der Waals surface area (Å²) in [5, 5.41) is 1.56. The van der Waals surface area contributed by atoms with E-state index in [1.165, 1.54) is 19.4 Å². The standard InChI is InChI=1S/C9H12N2O5S2/c1-6(12)7-5-17-9(10-7)11-18(14,15)4-3-8(13)16-2/h5H,3-4H2,1-2H3,(H,10,11). The third kappa shape index (κ3) is 4.41. The molecule has 0 atom stereocenters. The van der Waals surface area contributed by atoms with Gasteiger partial charge in [-0.2, -0.15) is 0 Å². The number of carbonyl (C=O) groups excluding carboxylic acids is 2. The molecule has 18 heavy (non-hydrogen) atoms. The van der Waals surface area contributed by atoms with E-state index in [-0.39, 0.29) is 23.0 Å². The van der Waals surface area contributed by atoms with Crippen LogP contribution in [-0.4, -0.2) is 38.0 Å². The van der Waals surface area contributed by atoms with E-state index in [2.05, 4.69) is 14.4 Å². The molecule has 0 spiro atoms. The van der Waals surface area contributed by atoms with Crippen LogP contribution >= 0.6 is 11.3 Å². The number of aromatic nitrogens is 1. The molecule has 0 amide bonds. The molecule has 0 aliphatic heterocycles. The number of methoxy groups -OCH3 is 1. The monoisotopic (exact) mass is 292 g/mol. The van der Waals surface area contributed by atoms with Gasteiger partial charge in [0, 0.05) is 12.3 Å². The Morgan fingerprint density at radius 2 is 2.17 bits per heavy atom. The van der Waals surface area contributed by atoms with Crippen LogP contribution in [0.4, 0.5) is 5.13 Å². The Hall–Kier alpha value is -1.48. The summed E-state index contributed by atoms with van der Waals surface area (Å²) in [5.74, 6) is -1.25. The van der Waals surface area contributed by atoms with E-state index in [1.807, 2.05) is 0 Å². The van der Waals surface area contributed by atoms with Crippen molar-refractivity contribution in [2.45, 2.75) is 13.3 Å². The van der Waals surface area contributed by atoms with Crippen LogP contribution in [0.2, 0.25) is 0 Å². The van der Waals surface area contributed by atoms with Gasteiger partial charge in [0.2, 0.25) is 10.0 Å². The van der Waals surface area contributed by atoms with E-state index in [0.717, 1.165) is 11.3 Å². The number of carbonyl (C=O) groups is 2. The van der Waals surface area contributed by atoms with E-state index >= 15 is 0 Å². The molecule has 1 aromatic rings. The van der Waals surface area contributed by atoms with Gasteiger partial charge in [0.05, 0.1) is 19.3 Å². The summed E-state index contributed by atoms with van der Waals surface area (Å²) in [4.78, 5) is 25.6. The van der Waals surface area contributed by atoms with Crippen LogP contribution in [0.25, 0.3) is 0 Å². The normalized spacial score (nSPS) is 11.0. The topological polar surface area (TPSA) is 102 Å². The zero-order chi connectivity index (χ0) is 13.8. The lowest BCUT2D eigenvalue weighted by Crippen LogP contribution is -2.19. The average Bonchev–Trinajstić information content (AvgIpc) is 2.73. The predicted octanol–water partition coefficient (Wildman–Crippen LogP) is 0.651. The molecule has 0 saturated heterocycles. The third-order valence-electron chi connectivity index (χ3n) is 1.91. The van der Waals surface area contributed by atoms with Crippen LogP contribution in [0.5, 0.6) is 0 Å². The van der Waals surface area contributed by atoms with E-state index in [9.17, 15) is 18.0 Å². The van der Waals surface area contributed by atoms with Crippen molar-refractivity contribution in [1.29, 1.82) is 0 Å². The highest BCUT2D eigenvalue weighted by molar-refractivity contribution is 7.92. The van der Waals surface area contributed by atoms with Crippen LogP contribution in [0.15, 0.2) is 5.38 Å². The number of rotatable bonds is 6. The summed E-state index contributed by atoms with van der Waals surface area (Å²) in [7, 11) is -2.48. The molecule has 0 aliphatic rings. The van der Waals surface area contributed by atoms with Crippen molar-refractivity contribution in [2.75, 3.05) is 17.6 Å². The van der Waals surface area contributed by atoms with Crippen molar-refractivity contribution in [3.8, 4) is 0 Å². The Kier molecular flexibility index (Phi) is 4.79. The number of thiazole rings is 1. The van der Waals surface area contributed by atoms with E-state index < -0.39 is 21.7 Å². The molecule has 1 N–H and O–H groups in total. The maximum absolute atomic E-state index is 11.6. The highest BCUT2D eigenvalue weighted by atomic mass is 32.2. The molecule has 1 heterocycles. The lowest BCUT2D eigenvalue weighted by molar-refractivity contribution is -0.140. The minimum absolute atomic E-state index is 0.102. The summed E-state index contributed by atoms with van der Waals surface area (Å²) >= 11 is 1.01. The van der Waals surface area contributed by atoms with Gasteiger partial charge < -0.3 is 4.74 Å². The molecule has 7 nitrogen and oxygen atoms in total. The quantitative estimate of drug-likeness (QED) is 0.610. The van der Waals surface area contributed by atoms with E-state index in [0.29, 0.717) is 0 Å². The Morgan fingerprint density at radius 1 is 1.50 bits per heavy atom. The molecule has 0 radical (unpaired) electrons. The number of esters is 1. The Labute approximate surface area is 108 Å². The minimum Gasteiger partial charge on any atom is -0.469 e. The van der Waals surface area contributed by atoms with Crippen LogP contribution in [0.1, 0.15) is 23.8 Å². The summed E-state index contributed by atoms with van der Waals surface area (Å²) < 4.78 is 29.7. The number of nitrogens with one attached hydrogen (secondary N) is 1. The van der Waals surface area contributed by atoms with Crippen molar-refractivity contribution in [3.05, 3.63) is 11.1 Å². The first kappa shape index (κ1) is 14.6. The summed E-state index contributed by atoms with van der Waals surface area (Å²) in [6.07, 6.45) is -0.239. The second-order valence-electron chi connectivity index (χ2n) is 3.34. The van der Waals surface area contributed by atoms with Gasteiger partial charge in [0.25, 0.3) is 0 Å². The molecule has 0 bridgehead atoms. The van der Waals surface area contributed by atoms with Gasteiger partial charge in [-0.05, 0) is 0 Å². The molecule has 100 valence electrons. The van der Waals surface area contributed by atoms with Gasteiger partial charge in [0.1, 0.15) is 5.69 Å². The third-order valence-corrected chi connectivity index (χ3v) is 4.04. The first-order valence-electron chi connectivity index (χ1n) is 4.88. The van der Waals surface area contributed by atoms with Crippen molar-refractivity contribution in [3.63, 3.8) is 0 Å². The first-order valence-corrected chi connectivity index (χ1v) is 7.41. The summed E-state index contributed by atoms with van der Waals surface area (Å²) in [5.41, 5.74) is 0.200. The Balaban J connectivity index is 2.64. The minimum atomic E-state index is -3.67. The number of sulfonamides is 1. The fourth-order valence-electron chi connectivity index (χ4n) is 0.986. The molecular weight excluding hydrogens is 280 g/mol. The number of Topliss-reactive ketones (excluding diaryl/α,β-unsaturated/α-hetero) is 1. The molecular formula is C9H12N2O5S2. The smallest absolute Gasteiger partial charge is 0.306 e. The lowest BCUT2D eigenvalue weighted by Gasteiger charge is -2.03. The molecule has 9 heteroatoms. The van der Waals surface area contributed by atoms with Gasteiger partial charge in [0.15, 0.2) is 10.9 Å². The molecule has 1 rings (SSSR count). The number of ketones is 1. The zero-order valence-electron chi connectivity index (χ0n) is 9.80. The molecule has 0 aliphatic carbocycles. The van der Waals surface area contributed by atoms with Gasteiger partial charge in [-0.3, -0.25) is 14.3 Å². The molecule has 0 fully saturated rings. The van der Waals surface area contributed by atoms with Crippen LogP contribution in [0, 0.1) is 0 Å². The molecule has 0 aromatic carbocycles. The number of hydrogen-bond acceptors (Lipinski definition) is 7. The Morgan fingerprint density at radius 3 is 2.67 bits per heavy atom. The fourth-order valence-corrected chi connectivity index (χ4v) is 3.00. The maximum atomic E-state index is 11.6. The van der Waals surface area contributed by atoms with Crippen molar-refractivity contribution in [2.24, 2.45) is 0 Å². The van der Waals surface area contributed by atoms with Gasteiger partial charge >= 0.3 is 5.97 Å². The largest absolute Gasteiger partial charge is 0.469 e. The summed E-state index contributed by atoms with van der Waals surface area (Å²) in [6.45, 7) is 1.34. The SMILES string of the molecule is COC(=O)CCS(=O)(=O)Nc1nc(C(C)=O)cs1. The zero-order valence-corrected chi connectivity index (χ0v) is 11.4. The van der Waals surface area contributed by atoms with Gasteiger partial charge in [-0.15, -0.1) is 11.3 Å². The molecule has 0 unspecified atom stereocenters. The van der Waals surface area contributed by atoms with Crippen molar-refractivity contribution in [1.82, 2.24) is 4.98 Å². The first-order chi connectivity index (χ1) is 8.34. The molecule has 0 saturated carbocycles. The second-order valence-corrected chi connectivity index (χ2v) is 6.04. The van der Waals surface area contributed by atoms with Crippen LogP contribution in [-0.2, 0) is 19.6 Å². The van der Waals surface area contributed by atoms with Gasteiger partial charge in [-0.25, -0.2) is 13.4 Å². The van der Waals surface area contributed by atoms with E-state index in [1.54, 1.807) is 0 Å². The second kappa shape index (κ2) is 5.91. The highest BCUT2D eigenvalue weighted by Crippen LogP contribution is 2.17. The lowest BCUT2D eigenvalue weighted by atomic mass is 10.4. The van der Waals surface area contributed by atoms with Crippen LogP contribution in [0.3, 0.4) is 0 Å². The predicted molar refractivity (Wildman–Crippen MR) is 66.2 cm³/mol. The fraction of sp³-hybridized carbons (Fsp3) is 0.444. The maximum Gasteiger partial charge on any atom is 0.306 e. The summed E-state index contributed by atoms with van der Waals surface area (Å²) in [6, 6.07) is 0. The van der Waals surface area contributed by atoms with Crippen LogP contribution < -0.4 is 4.72 Å². The Bertz CT molecular complexity index is 549. The average molecular weight is 292 g/mol. The number of ether oxygens (including phenoxy) is 1. The highest BCUT2D eigenvalue weighted by Gasteiger charge is 2.16. The molecule has 1 aromatic heterocycles. The number of anilines is 1. The van der Waals surface area contributed by atoms with Crippen molar-refractivity contribution >= 4 is 38.2 Å². The van der Waals surface area contributed by atoms with E-state index in [4.69, 9.17) is 0 Å². The van der Waals surface area contributed by atoms with Crippen molar-refractivity contribution < 1.29 is 22.7 Å².